The Bertz CT molecular complexity index is 1410. The van der Waals surface area contributed by atoms with Gasteiger partial charge in [0.05, 0.1) is 36.3 Å². The number of amides is 1. The number of aromatic nitrogens is 2. The highest BCUT2D eigenvalue weighted by Gasteiger charge is 2.33. The number of methoxy groups -OCH3 is 1. The van der Waals surface area contributed by atoms with Gasteiger partial charge in [-0.05, 0) is 49.8 Å². The van der Waals surface area contributed by atoms with Gasteiger partial charge >= 0.3 is 0 Å². The van der Waals surface area contributed by atoms with Gasteiger partial charge in [0.1, 0.15) is 21.5 Å². The largest absolute Gasteiger partial charge is 0.497 e. The van der Waals surface area contributed by atoms with Crippen molar-refractivity contribution in [2.75, 3.05) is 25.1 Å². The van der Waals surface area contributed by atoms with Gasteiger partial charge in [-0.3, -0.25) is 18.9 Å². The first kappa shape index (κ1) is 24.5. The smallest absolute Gasteiger partial charge is 0.267 e. The Kier molecular flexibility index (Phi) is 6.83. The molecular formula is C26H26N4O4S2. The number of benzene rings is 1. The Labute approximate surface area is 218 Å². The van der Waals surface area contributed by atoms with Crippen molar-refractivity contribution in [3.8, 4) is 5.75 Å². The number of morpholine rings is 1. The van der Waals surface area contributed by atoms with Crippen LogP contribution in [-0.2, 0) is 16.1 Å². The standard InChI is InChI=1S/C26H26N4O4S2/c1-16-13-28(14-17(2)34-16)23-20(24(31)29-11-5-4-6-22(29)27-23)12-21-25(32)30(26(35)36-21)15-18-7-9-19(33-3)10-8-18/h4-12,16-17H,13-15H2,1-3H3/b21-12-/t16-,17-/m0/s1. The van der Waals surface area contributed by atoms with E-state index in [1.54, 1.807) is 36.4 Å². The monoisotopic (exact) mass is 522 g/mol. The molecule has 0 N–H and O–H groups in total. The zero-order valence-electron chi connectivity index (χ0n) is 20.2. The number of anilines is 1. The second kappa shape index (κ2) is 10.0. The van der Waals surface area contributed by atoms with Crippen molar-refractivity contribution in [1.82, 2.24) is 14.3 Å². The van der Waals surface area contributed by atoms with Crippen LogP contribution >= 0.6 is 24.0 Å². The van der Waals surface area contributed by atoms with Crippen LogP contribution in [0.3, 0.4) is 0 Å². The number of thioether (sulfide) groups is 1. The Balaban J connectivity index is 1.53. The Hall–Kier alpha value is -3.21. The molecule has 1 aromatic carbocycles. The van der Waals surface area contributed by atoms with Crippen molar-refractivity contribution in [2.24, 2.45) is 0 Å². The highest BCUT2D eigenvalue weighted by Crippen LogP contribution is 2.35. The summed E-state index contributed by atoms with van der Waals surface area (Å²) < 4.78 is 13.1. The van der Waals surface area contributed by atoms with Crippen molar-refractivity contribution >= 4 is 51.7 Å². The average molecular weight is 523 g/mol. The van der Waals surface area contributed by atoms with Gasteiger partial charge in [-0.15, -0.1) is 0 Å². The first-order chi connectivity index (χ1) is 17.3. The molecule has 0 radical (unpaired) electrons. The summed E-state index contributed by atoms with van der Waals surface area (Å²) in [6.45, 7) is 5.53. The summed E-state index contributed by atoms with van der Waals surface area (Å²) in [5, 5.41) is 0. The molecule has 0 unspecified atom stereocenters. The van der Waals surface area contributed by atoms with E-state index in [4.69, 9.17) is 26.7 Å². The first-order valence-corrected chi connectivity index (χ1v) is 12.9. The lowest BCUT2D eigenvalue weighted by Crippen LogP contribution is -2.46. The van der Waals surface area contributed by atoms with Gasteiger partial charge in [0, 0.05) is 19.3 Å². The normalized spacial score (nSPS) is 21.6. The van der Waals surface area contributed by atoms with Crippen molar-refractivity contribution in [2.45, 2.75) is 32.6 Å². The van der Waals surface area contributed by atoms with E-state index in [2.05, 4.69) is 4.90 Å². The van der Waals surface area contributed by atoms with Crippen molar-refractivity contribution in [1.29, 1.82) is 0 Å². The fraction of sp³-hybridized carbons (Fsp3) is 0.308. The van der Waals surface area contributed by atoms with Crippen LogP contribution in [0, 0.1) is 0 Å². The van der Waals surface area contributed by atoms with E-state index in [0.29, 0.717) is 45.9 Å². The number of hydrogen-bond donors (Lipinski definition) is 0. The molecule has 4 heterocycles. The van der Waals surface area contributed by atoms with E-state index >= 15 is 0 Å². The molecule has 1 amide bonds. The van der Waals surface area contributed by atoms with Gasteiger partial charge in [-0.2, -0.15) is 0 Å². The predicted molar refractivity (Wildman–Crippen MR) is 145 cm³/mol. The van der Waals surface area contributed by atoms with Crippen molar-refractivity contribution in [3.63, 3.8) is 0 Å². The maximum Gasteiger partial charge on any atom is 0.267 e. The fourth-order valence-corrected chi connectivity index (χ4v) is 5.73. The lowest BCUT2D eigenvalue weighted by atomic mass is 10.1. The van der Waals surface area contributed by atoms with Gasteiger partial charge in [0.2, 0.25) is 0 Å². The molecule has 2 aromatic heterocycles. The van der Waals surface area contributed by atoms with E-state index in [-0.39, 0.29) is 23.7 Å². The third kappa shape index (κ3) is 4.76. The zero-order chi connectivity index (χ0) is 25.4. The molecule has 0 aliphatic carbocycles. The molecule has 0 bridgehead atoms. The van der Waals surface area contributed by atoms with Gasteiger partial charge in [0.15, 0.2) is 0 Å². The minimum atomic E-state index is -0.233. The summed E-state index contributed by atoms with van der Waals surface area (Å²) in [4.78, 5) is 35.8. The minimum absolute atomic E-state index is 0.0136. The summed E-state index contributed by atoms with van der Waals surface area (Å²) in [6, 6.07) is 12.9. The maximum atomic E-state index is 13.6. The second-order valence-electron chi connectivity index (χ2n) is 8.86. The summed E-state index contributed by atoms with van der Waals surface area (Å²) >= 11 is 6.73. The molecule has 8 nitrogen and oxygen atoms in total. The van der Waals surface area contributed by atoms with Crippen molar-refractivity contribution in [3.05, 3.63) is 75.0 Å². The van der Waals surface area contributed by atoms with E-state index in [9.17, 15) is 9.59 Å². The van der Waals surface area contributed by atoms with Crippen LogP contribution in [0.15, 0.2) is 58.4 Å². The second-order valence-corrected chi connectivity index (χ2v) is 10.5. The summed E-state index contributed by atoms with van der Waals surface area (Å²) in [7, 11) is 1.61. The average Bonchev–Trinajstić information content (AvgIpc) is 3.12. The molecular weight excluding hydrogens is 496 g/mol. The molecule has 2 aliphatic heterocycles. The van der Waals surface area contributed by atoms with Crippen LogP contribution in [0.4, 0.5) is 5.82 Å². The highest BCUT2D eigenvalue weighted by molar-refractivity contribution is 8.26. The molecule has 2 fully saturated rings. The maximum absolute atomic E-state index is 13.6. The van der Waals surface area contributed by atoms with E-state index in [0.717, 1.165) is 11.3 Å². The molecule has 36 heavy (non-hydrogen) atoms. The zero-order valence-corrected chi connectivity index (χ0v) is 21.8. The van der Waals surface area contributed by atoms with E-state index in [1.807, 2.05) is 44.2 Å². The van der Waals surface area contributed by atoms with Crippen LogP contribution in [0.2, 0.25) is 0 Å². The van der Waals surface area contributed by atoms with Gasteiger partial charge in [0.25, 0.3) is 11.5 Å². The molecule has 3 aromatic rings. The van der Waals surface area contributed by atoms with E-state index in [1.165, 1.54) is 16.2 Å². The number of thiocarbonyl (C=S) groups is 1. The van der Waals surface area contributed by atoms with Gasteiger partial charge in [-0.1, -0.05) is 42.2 Å². The third-order valence-corrected chi connectivity index (χ3v) is 7.49. The van der Waals surface area contributed by atoms with Crippen LogP contribution < -0.4 is 15.2 Å². The SMILES string of the molecule is COc1ccc(CN2C(=O)/C(=C/c3c(N4C[C@H](C)O[C@@H](C)C4)nc4ccccn4c3=O)SC2=S)cc1. The topological polar surface area (TPSA) is 76.4 Å². The lowest BCUT2D eigenvalue weighted by Gasteiger charge is -2.36. The molecule has 0 saturated carbocycles. The molecule has 2 aliphatic rings. The minimum Gasteiger partial charge on any atom is -0.497 e. The van der Waals surface area contributed by atoms with Gasteiger partial charge < -0.3 is 14.4 Å². The molecule has 10 heteroatoms. The lowest BCUT2D eigenvalue weighted by molar-refractivity contribution is -0.122. The van der Waals surface area contributed by atoms with Crippen LogP contribution in [0.25, 0.3) is 11.7 Å². The number of rotatable bonds is 5. The quantitative estimate of drug-likeness (QED) is 0.371. The number of nitrogens with zero attached hydrogens (tertiary/aromatic N) is 4. The summed E-state index contributed by atoms with van der Waals surface area (Å²) in [6.07, 6.45) is 3.30. The number of carbonyl (C=O) groups excluding carboxylic acids is 1. The Morgan fingerprint density at radius 3 is 2.56 bits per heavy atom. The predicted octanol–water partition coefficient (Wildman–Crippen LogP) is 3.72. The number of hydrogen-bond acceptors (Lipinski definition) is 8. The molecule has 186 valence electrons. The fourth-order valence-electron chi connectivity index (χ4n) is 4.49. The number of carbonyl (C=O) groups is 1. The van der Waals surface area contributed by atoms with Crippen LogP contribution in [-0.4, -0.2) is 56.9 Å². The number of pyridine rings is 1. The summed E-state index contributed by atoms with van der Waals surface area (Å²) in [5.41, 5.74) is 1.61. The van der Waals surface area contributed by atoms with Crippen molar-refractivity contribution < 1.29 is 14.3 Å². The molecule has 2 atom stereocenters. The number of ether oxygens (including phenoxy) is 2. The third-order valence-electron chi connectivity index (χ3n) is 6.12. The number of fused-ring (bicyclic) bond motifs is 1. The first-order valence-electron chi connectivity index (χ1n) is 11.6. The van der Waals surface area contributed by atoms with E-state index < -0.39 is 0 Å². The van der Waals surface area contributed by atoms with Crippen LogP contribution in [0.1, 0.15) is 25.0 Å². The van der Waals surface area contributed by atoms with Gasteiger partial charge in [-0.25, -0.2) is 4.98 Å². The Morgan fingerprint density at radius 2 is 1.86 bits per heavy atom. The highest BCUT2D eigenvalue weighted by atomic mass is 32.2. The summed E-state index contributed by atoms with van der Waals surface area (Å²) in [5.74, 6) is 1.06. The van der Waals surface area contributed by atoms with Crippen LogP contribution in [0.5, 0.6) is 5.75 Å². The Morgan fingerprint density at radius 1 is 1.14 bits per heavy atom. The molecule has 0 spiro atoms. The molecule has 2 saturated heterocycles. The molecule has 5 rings (SSSR count).